The van der Waals surface area contributed by atoms with Crippen molar-refractivity contribution in [2.45, 2.75) is 26.7 Å². The highest BCUT2D eigenvalue weighted by atomic mass is 16.5. The number of nitrogens with one attached hydrogen (secondary N) is 2. The van der Waals surface area contributed by atoms with Gasteiger partial charge in [0, 0.05) is 18.2 Å². The lowest BCUT2D eigenvalue weighted by Gasteiger charge is -2.08. The molecule has 3 rings (SSSR count). The summed E-state index contributed by atoms with van der Waals surface area (Å²) in [6, 6.07) is 12.0. The van der Waals surface area contributed by atoms with Gasteiger partial charge >= 0.3 is 0 Å². The zero-order valence-electron chi connectivity index (χ0n) is 16.0. The maximum absolute atomic E-state index is 12.2. The van der Waals surface area contributed by atoms with Gasteiger partial charge in [0.05, 0.1) is 13.2 Å². The molecule has 0 radical (unpaired) electrons. The van der Waals surface area contributed by atoms with Gasteiger partial charge in [-0.2, -0.15) is 0 Å². The molecular weight excluding hydrogens is 358 g/mol. The third kappa shape index (κ3) is 5.09. The molecular formula is C21H23N3O4. The van der Waals surface area contributed by atoms with E-state index in [1.54, 1.807) is 49.4 Å². The smallest absolute Gasteiger partial charge is 0.251 e. The highest BCUT2D eigenvalue weighted by molar-refractivity contribution is 5.99. The molecule has 0 unspecified atom stereocenters. The summed E-state index contributed by atoms with van der Waals surface area (Å²) in [4.78, 5) is 28.5. The standard InChI is InChI=1S/C21H23N3O4/c1-3-4-11-27-17-8-5-15(6-9-17)21(26)22-13-20(25)24-16-7-10-19-18(12-16)23-14(2)28-19/h5-10,12H,3-4,11,13H2,1-2H3,(H,22,26)(H,24,25). The number of oxazole rings is 1. The minimum Gasteiger partial charge on any atom is -0.494 e. The van der Waals surface area contributed by atoms with Gasteiger partial charge in [0.2, 0.25) is 5.91 Å². The van der Waals surface area contributed by atoms with E-state index in [4.69, 9.17) is 9.15 Å². The van der Waals surface area contributed by atoms with Crippen molar-refractivity contribution in [3.8, 4) is 5.75 Å². The molecule has 146 valence electrons. The lowest BCUT2D eigenvalue weighted by atomic mass is 10.2. The number of ether oxygens (including phenoxy) is 1. The number of hydrogen-bond donors (Lipinski definition) is 2. The van der Waals surface area contributed by atoms with Crippen LogP contribution in [0.5, 0.6) is 5.75 Å². The summed E-state index contributed by atoms with van der Waals surface area (Å²) < 4.78 is 11.0. The lowest BCUT2D eigenvalue weighted by Crippen LogP contribution is -2.32. The first-order valence-corrected chi connectivity index (χ1v) is 9.23. The second kappa shape index (κ2) is 9.03. The molecule has 2 aromatic carbocycles. The van der Waals surface area contributed by atoms with Crippen LogP contribution in [0.25, 0.3) is 11.1 Å². The number of aryl methyl sites for hydroxylation is 1. The molecule has 1 heterocycles. The molecule has 3 aromatic rings. The Morgan fingerprint density at radius 1 is 1.14 bits per heavy atom. The van der Waals surface area contributed by atoms with Crippen LogP contribution in [0.4, 0.5) is 5.69 Å². The summed E-state index contributed by atoms with van der Waals surface area (Å²) >= 11 is 0. The van der Waals surface area contributed by atoms with Gasteiger partial charge in [-0.05, 0) is 48.9 Å². The lowest BCUT2D eigenvalue weighted by molar-refractivity contribution is -0.115. The van der Waals surface area contributed by atoms with Crippen molar-refractivity contribution < 1.29 is 18.7 Å². The Labute approximate surface area is 163 Å². The number of unbranched alkanes of at least 4 members (excludes halogenated alkanes) is 1. The van der Waals surface area contributed by atoms with E-state index in [2.05, 4.69) is 22.5 Å². The number of amides is 2. The Morgan fingerprint density at radius 3 is 2.68 bits per heavy atom. The van der Waals surface area contributed by atoms with E-state index < -0.39 is 0 Å². The molecule has 7 heteroatoms. The van der Waals surface area contributed by atoms with E-state index >= 15 is 0 Å². The van der Waals surface area contributed by atoms with Crippen LogP contribution < -0.4 is 15.4 Å². The minimum absolute atomic E-state index is 0.135. The zero-order chi connectivity index (χ0) is 19.9. The van der Waals surface area contributed by atoms with Crippen LogP contribution in [0, 0.1) is 6.92 Å². The van der Waals surface area contributed by atoms with Crippen LogP contribution in [0.1, 0.15) is 36.0 Å². The summed E-state index contributed by atoms with van der Waals surface area (Å²) in [5, 5.41) is 5.34. The maximum Gasteiger partial charge on any atom is 0.251 e. The zero-order valence-corrected chi connectivity index (χ0v) is 16.0. The quantitative estimate of drug-likeness (QED) is 0.581. The van der Waals surface area contributed by atoms with Crippen LogP contribution in [-0.2, 0) is 4.79 Å². The topological polar surface area (TPSA) is 93.5 Å². The predicted octanol–water partition coefficient (Wildman–Crippen LogP) is 3.68. The second-order valence-corrected chi connectivity index (χ2v) is 6.37. The number of hydrogen-bond acceptors (Lipinski definition) is 5. The van der Waals surface area contributed by atoms with Crippen molar-refractivity contribution in [2.75, 3.05) is 18.5 Å². The van der Waals surface area contributed by atoms with E-state index in [-0.39, 0.29) is 18.4 Å². The van der Waals surface area contributed by atoms with Crippen molar-refractivity contribution in [1.82, 2.24) is 10.3 Å². The maximum atomic E-state index is 12.2. The van der Waals surface area contributed by atoms with Crippen LogP contribution in [0.15, 0.2) is 46.9 Å². The molecule has 0 aliphatic rings. The summed E-state index contributed by atoms with van der Waals surface area (Å²) in [5.41, 5.74) is 2.38. The van der Waals surface area contributed by atoms with Crippen molar-refractivity contribution in [3.05, 3.63) is 53.9 Å². The number of carbonyl (C=O) groups is 2. The predicted molar refractivity (Wildman–Crippen MR) is 107 cm³/mol. The number of fused-ring (bicyclic) bond motifs is 1. The van der Waals surface area contributed by atoms with Crippen LogP contribution in [0.2, 0.25) is 0 Å². The largest absolute Gasteiger partial charge is 0.494 e. The second-order valence-electron chi connectivity index (χ2n) is 6.37. The van der Waals surface area contributed by atoms with E-state index in [0.717, 1.165) is 18.6 Å². The van der Waals surface area contributed by atoms with E-state index in [1.165, 1.54) is 0 Å². The van der Waals surface area contributed by atoms with Gasteiger partial charge in [-0.3, -0.25) is 9.59 Å². The number of aromatic nitrogens is 1. The molecule has 0 fully saturated rings. The molecule has 0 saturated carbocycles. The number of nitrogens with zero attached hydrogens (tertiary/aromatic N) is 1. The van der Waals surface area contributed by atoms with Crippen molar-refractivity contribution in [2.24, 2.45) is 0 Å². The monoisotopic (exact) mass is 381 g/mol. The number of anilines is 1. The summed E-state index contributed by atoms with van der Waals surface area (Å²) in [6.45, 7) is 4.38. The van der Waals surface area contributed by atoms with Gasteiger partial charge in [0.25, 0.3) is 5.91 Å². The first-order chi connectivity index (χ1) is 13.5. The molecule has 0 atom stereocenters. The molecule has 0 bridgehead atoms. The Bertz CT molecular complexity index is 963. The van der Waals surface area contributed by atoms with Crippen LogP contribution >= 0.6 is 0 Å². The minimum atomic E-state index is -0.326. The molecule has 2 amide bonds. The van der Waals surface area contributed by atoms with Crippen LogP contribution in [-0.4, -0.2) is 29.9 Å². The van der Waals surface area contributed by atoms with Gasteiger partial charge in [-0.15, -0.1) is 0 Å². The average Bonchev–Trinajstić information content (AvgIpc) is 3.06. The third-order valence-electron chi connectivity index (χ3n) is 4.07. The fourth-order valence-corrected chi connectivity index (χ4v) is 2.63. The molecule has 0 saturated heterocycles. The van der Waals surface area contributed by atoms with E-state index in [9.17, 15) is 9.59 Å². The Hall–Kier alpha value is -3.35. The molecule has 0 spiro atoms. The third-order valence-corrected chi connectivity index (χ3v) is 4.07. The highest BCUT2D eigenvalue weighted by Crippen LogP contribution is 2.19. The van der Waals surface area contributed by atoms with Crippen molar-refractivity contribution >= 4 is 28.6 Å². The SMILES string of the molecule is CCCCOc1ccc(C(=O)NCC(=O)Nc2ccc3oc(C)nc3c2)cc1. The summed E-state index contributed by atoms with van der Waals surface area (Å²) in [5.74, 6) is 0.638. The molecule has 7 nitrogen and oxygen atoms in total. The van der Waals surface area contributed by atoms with Gasteiger partial charge in [-0.25, -0.2) is 4.98 Å². The van der Waals surface area contributed by atoms with Gasteiger partial charge in [-0.1, -0.05) is 13.3 Å². The van der Waals surface area contributed by atoms with Crippen molar-refractivity contribution in [1.29, 1.82) is 0 Å². The normalized spacial score (nSPS) is 10.6. The molecule has 2 N–H and O–H groups in total. The first-order valence-electron chi connectivity index (χ1n) is 9.23. The molecule has 1 aromatic heterocycles. The number of rotatable bonds is 8. The van der Waals surface area contributed by atoms with E-state index in [1.807, 2.05) is 0 Å². The van der Waals surface area contributed by atoms with Crippen molar-refractivity contribution in [3.63, 3.8) is 0 Å². The molecule has 28 heavy (non-hydrogen) atoms. The molecule has 0 aliphatic carbocycles. The van der Waals surface area contributed by atoms with Gasteiger partial charge < -0.3 is 19.8 Å². The first kappa shape index (κ1) is 19.4. The number of benzene rings is 2. The van der Waals surface area contributed by atoms with Gasteiger partial charge in [0.1, 0.15) is 11.3 Å². The summed E-state index contributed by atoms with van der Waals surface area (Å²) in [7, 11) is 0. The van der Waals surface area contributed by atoms with Gasteiger partial charge in [0.15, 0.2) is 11.5 Å². The Kier molecular flexibility index (Phi) is 6.26. The number of carbonyl (C=O) groups excluding carboxylic acids is 2. The van der Waals surface area contributed by atoms with E-state index in [0.29, 0.717) is 34.8 Å². The average molecular weight is 381 g/mol. The summed E-state index contributed by atoms with van der Waals surface area (Å²) in [6.07, 6.45) is 2.05. The fourth-order valence-electron chi connectivity index (χ4n) is 2.63. The fraction of sp³-hybridized carbons (Fsp3) is 0.286. The Morgan fingerprint density at radius 2 is 1.93 bits per heavy atom. The highest BCUT2D eigenvalue weighted by Gasteiger charge is 2.10. The molecule has 0 aliphatic heterocycles. The van der Waals surface area contributed by atoms with Crippen LogP contribution in [0.3, 0.4) is 0 Å². The Balaban J connectivity index is 1.49.